The Morgan fingerprint density at radius 1 is 1.16 bits per heavy atom. The molecule has 3 N–H and O–H groups in total. The van der Waals surface area contributed by atoms with Crippen LogP contribution in [0.15, 0.2) is 53.6 Å². The van der Waals surface area contributed by atoms with Crippen molar-refractivity contribution >= 4 is 17.9 Å². The molecule has 0 unspecified atom stereocenters. The lowest BCUT2D eigenvalue weighted by Crippen LogP contribution is -1.98. The van der Waals surface area contributed by atoms with E-state index in [-0.39, 0.29) is 11.3 Å². The molecule has 0 aromatic heterocycles. The van der Waals surface area contributed by atoms with Gasteiger partial charge in [-0.25, -0.2) is 4.79 Å². The van der Waals surface area contributed by atoms with Crippen molar-refractivity contribution in [2.45, 2.75) is 0 Å². The molecule has 5 nitrogen and oxygen atoms in total. The molecule has 0 atom stereocenters. The van der Waals surface area contributed by atoms with Crippen LogP contribution in [0.2, 0.25) is 0 Å². The van der Waals surface area contributed by atoms with Gasteiger partial charge in [0.1, 0.15) is 11.3 Å². The Balaban J connectivity index is 2.11. The summed E-state index contributed by atoms with van der Waals surface area (Å²) in [4.78, 5) is 10.8. The summed E-state index contributed by atoms with van der Waals surface area (Å²) < 4.78 is 0. The largest absolute Gasteiger partial charge is 0.507 e. The lowest BCUT2D eigenvalue weighted by Gasteiger charge is -2.01. The fourth-order valence-electron chi connectivity index (χ4n) is 1.50. The second-order valence-corrected chi connectivity index (χ2v) is 3.82. The topological polar surface area (TPSA) is 81.9 Å². The number of anilines is 1. The van der Waals surface area contributed by atoms with Gasteiger partial charge in [-0.1, -0.05) is 18.2 Å². The molecule has 2 rings (SSSR count). The van der Waals surface area contributed by atoms with Crippen LogP contribution in [0, 0.1) is 0 Å². The van der Waals surface area contributed by atoms with E-state index in [9.17, 15) is 9.90 Å². The van der Waals surface area contributed by atoms with Crippen LogP contribution < -0.4 is 5.43 Å². The van der Waals surface area contributed by atoms with Gasteiger partial charge in [0.25, 0.3) is 0 Å². The zero-order valence-electron chi connectivity index (χ0n) is 9.95. The number of hydrazone groups is 1. The minimum absolute atomic E-state index is 0.149. The van der Waals surface area contributed by atoms with Crippen molar-refractivity contribution in [1.82, 2.24) is 0 Å². The van der Waals surface area contributed by atoms with E-state index in [1.165, 1.54) is 18.3 Å². The lowest BCUT2D eigenvalue weighted by molar-refractivity contribution is 0.0693. The Labute approximate surface area is 109 Å². The van der Waals surface area contributed by atoms with Gasteiger partial charge in [0.05, 0.1) is 11.9 Å². The van der Waals surface area contributed by atoms with Gasteiger partial charge in [0.15, 0.2) is 0 Å². The standard InChI is InChI=1S/C14H12N2O3/c17-13-7-6-10(8-12(13)14(18)19)9-15-16-11-4-2-1-3-5-11/h1-9,16-17H,(H,18,19). The molecule has 2 aromatic carbocycles. The van der Waals surface area contributed by atoms with Gasteiger partial charge >= 0.3 is 5.97 Å². The first-order chi connectivity index (χ1) is 9.16. The zero-order chi connectivity index (χ0) is 13.7. The summed E-state index contributed by atoms with van der Waals surface area (Å²) in [6, 6.07) is 13.6. The molecule has 0 fully saturated rings. The quantitative estimate of drug-likeness (QED) is 0.580. The van der Waals surface area contributed by atoms with Crippen LogP contribution in [0.1, 0.15) is 15.9 Å². The summed E-state index contributed by atoms with van der Waals surface area (Å²) in [5.74, 6) is -1.44. The smallest absolute Gasteiger partial charge is 0.339 e. The van der Waals surface area contributed by atoms with Crippen LogP contribution in [0.5, 0.6) is 5.75 Å². The lowest BCUT2D eigenvalue weighted by atomic mass is 10.1. The van der Waals surface area contributed by atoms with E-state index < -0.39 is 5.97 Å². The number of hydrogen-bond donors (Lipinski definition) is 3. The monoisotopic (exact) mass is 256 g/mol. The molecule has 5 heteroatoms. The minimum Gasteiger partial charge on any atom is -0.507 e. The third-order valence-electron chi connectivity index (χ3n) is 2.43. The molecule has 0 spiro atoms. The first kappa shape index (κ1) is 12.6. The maximum atomic E-state index is 10.8. The highest BCUT2D eigenvalue weighted by atomic mass is 16.4. The molecule has 0 aliphatic rings. The van der Waals surface area contributed by atoms with E-state index >= 15 is 0 Å². The predicted molar refractivity (Wildman–Crippen MR) is 72.7 cm³/mol. The number of hydrogen-bond acceptors (Lipinski definition) is 4. The number of carbonyl (C=O) groups is 1. The molecule has 0 saturated heterocycles. The molecule has 96 valence electrons. The van der Waals surface area contributed by atoms with Crippen molar-refractivity contribution in [2.24, 2.45) is 5.10 Å². The van der Waals surface area contributed by atoms with Crippen molar-refractivity contribution in [2.75, 3.05) is 5.43 Å². The number of phenols is 1. The van der Waals surface area contributed by atoms with E-state index in [0.29, 0.717) is 5.56 Å². The van der Waals surface area contributed by atoms with Crippen molar-refractivity contribution < 1.29 is 15.0 Å². The third-order valence-corrected chi connectivity index (χ3v) is 2.43. The average Bonchev–Trinajstić information content (AvgIpc) is 2.41. The first-order valence-corrected chi connectivity index (χ1v) is 5.57. The van der Waals surface area contributed by atoms with Crippen molar-refractivity contribution in [3.05, 3.63) is 59.7 Å². The van der Waals surface area contributed by atoms with Gasteiger partial charge < -0.3 is 10.2 Å². The number of aromatic hydroxyl groups is 1. The molecule has 2 aromatic rings. The summed E-state index contributed by atoms with van der Waals surface area (Å²) in [6.45, 7) is 0. The van der Waals surface area contributed by atoms with E-state index in [0.717, 1.165) is 5.69 Å². The molecule has 0 aliphatic carbocycles. The highest BCUT2D eigenvalue weighted by molar-refractivity contribution is 5.93. The molecular weight excluding hydrogens is 244 g/mol. The second kappa shape index (κ2) is 5.68. The van der Waals surface area contributed by atoms with Gasteiger partial charge in [0, 0.05) is 0 Å². The van der Waals surface area contributed by atoms with Crippen LogP contribution in [-0.2, 0) is 0 Å². The number of rotatable bonds is 4. The molecule has 0 aliphatic heterocycles. The molecule has 0 radical (unpaired) electrons. The minimum atomic E-state index is -1.18. The van der Waals surface area contributed by atoms with Crippen LogP contribution in [0.3, 0.4) is 0 Å². The van der Waals surface area contributed by atoms with Gasteiger partial charge in [-0.2, -0.15) is 5.10 Å². The highest BCUT2D eigenvalue weighted by Gasteiger charge is 2.08. The van der Waals surface area contributed by atoms with E-state index in [2.05, 4.69) is 10.5 Å². The van der Waals surface area contributed by atoms with Gasteiger partial charge in [-0.15, -0.1) is 0 Å². The Bertz CT molecular complexity index is 609. The van der Waals surface area contributed by atoms with Crippen molar-refractivity contribution in [1.29, 1.82) is 0 Å². The predicted octanol–water partition coefficient (Wildman–Crippen LogP) is 2.54. The van der Waals surface area contributed by atoms with Crippen LogP contribution in [0.4, 0.5) is 5.69 Å². The molecule has 0 saturated carbocycles. The average molecular weight is 256 g/mol. The molecular formula is C14H12N2O3. The maximum absolute atomic E-state index is 10.8. The zero-order valence-corrected chi connectivity index (χ0v) is 9.95. The Morgan fingerprint density at radius 2 is 1.89 bits per heavy atom. The van der Waals surface area contributed by atoms with Crippen LogP contribution in [-0.4, -0.2) is 22.4 Å². The van der Waals surface area contributed by atoms with Crippen molar-refractivity contribution in [3.8, 4) is 5.75 Å². The molecule has 0 bridgehead atoms. The van der Waals surface area contributed by atoms with E-state index in [1.54, 1.807) is 6.07 Å². The molecule has 0 amide bonds. The van der Waals surface area contributed by atoms with E-state index in [1.807, 2.05) is 30.3 Å². The Kier molecular flexibility index (Phi) is 3.78. The fraction of sp³-hybridized carbons (Fsp3) is 0. The normalized spacial score (nSPS) is 10.5. The number of nitrogens with zero attached hydrogens (tertiary/aromatic N) is 1. The first-order valence-electron chi connectivity index (χ1n) is 5.57. The molecule has 19 heavy (non-hydrogen) atoms. The number of nitrogens with one attached hydrogen (secondary N) is 1. The number of benzene rings is 2. The second-order valence-electron chi connectivity index (χ2n) is 3.82. The highest BCUT2D eigenvalue weighted by Crippen LogP contribution is 2.17. The summed E-state index contributed by atoms with van der Waals surface area (Å²) in [7, 11) is 0. The Morgan fingerprint density at radius 3 is 2.58 bits per heavy atom. The van der Waals surface area contributed by atoms with Gasteiger partial charge in [-0.3, -0.25) is 5.43 Å². The number of carboxylic acids is 1. The summed E-state index contributed by atoms with van der Waals surface area (Å²) in [6.07, 6.45) is 1.48. The summed E-state index contributed by atoms with van der Waals surface area (Å²) >= 11 is 0. The van der Waals surface area contributed by atoms with E-state index in [4.69, 9.17) is 5.11 Å². The third kappa shape index (κ3) is 3.32. The maximum Gasteiger partial charge on any atom is 0.339 e. The number of aromatic carboxylic acids is 1. The summed E-state index contributed by atoms with van der Waals surface area (Å²) in [5, 5.41) is 22.2. The number of carboxylic acid groups (broad SMARTS) is 1. The van der Waals surface area contributed by atoms with Crippen molar-refractivity contribution in [3.63, 3.8) is 0 Å². The van der Waals surface area contributed by atoms with Gasteiger partial charge in [-0.05, 0) is 35.9 Å². The molecule has 0 heterocycles. The number of para-hydroxylation sites is 1. The van der Waals surface area contributed by atoms with Gasteiger partial charge in [0.2, 0.25) is 0 Å². The summed E-state index contributed by atoms with van der Waals surface area (Å²) in [5.41, 5.74) is 4.08. The fourth-order valence-corrected chi connectivity index (χ4v) is 1.50. The van der Waals surface area contributed by atoms with Crippen LogP contribution >= 0.6 is 0 Å². The SMILES string of the molecule is O=C(O)c1cc(C=NNc2ccccc2)ccc1O. The Hall–Kier alpha value is -2.82. The van der Waals surface area contributed by atoms with Crippen LogP contribution in [0.25, 0.3) is 0 Å².